The predicted octanol–water partition coefficient (Wildman–Crippen LogP) is 2.00. The normalized spacial score (nSPS) is 20.4. The van der Waals surface area contributed by atoms with Crippen molar-refractivity contribution in [2.75, 3.05) is 7.11 Å². The summed E-state index contributed by atoms with van der Waals surface area (Å²) in [6.07, 6.45) is 1.38. The number of ether oxygens (including phenoxy) is 1. The van der Waals surface area contributed by atoms with Crippen LogP contribution in [-0.2, 0) is 17.6 Å². The first-order valence-electron chi connectivity index (χ1n) is 4.90. The van der Waals surface area contributed by atoms with E-state index < -0.39 is 0 Å². The highest BCUT2D eigenvalue weighted by atomic mass is 16.5. The van der Waals surface area contributed by atoms with E-state index in [1.54, 1.807) is 7.11 Å². The van der Waals surface area contributed by atoms with Gasteiger partial charge in [0.05, 0.1) is 7.11 Å². The van der Waals surface area contributed by atoms with Crippen molar-refractivity contribution in [1.29, 1.82) is 0 Å². The second-order valence-electron chi connectivity index (χ2n) is 3.85. The summed E-state index contributed by atoms with van der Waals surface area (Å²) in [5.74, 6) is 1.39. The molecule has 2 heteroatoms. The van der Waals surface area contributed by atoms with Crippen molar-refractivity contribution in [3.8, 4) is 5.75 Å². The number of hydrogen-bond donors (Lipinski definition) is 0. The van der Waals surface area contributed by atoms with Gasteiger partial charge in [0.15, 0.2) is 0 Å². The van der Waals surface area contributed by atoms with E-state index >= 15 is 0 Å². The molecule has 1 unspecified atom stereocenters. The SMILES string of the molecule is COc1cccc2c1CC(C)C(=O)C2. The van der Waals surface area contributed by atoms with E-state index in [1.807, 2.05) is 25.1 Å². The number of rotatable bonds is 1. The van der Waals surface area contributed by atoms with E-state index in [9.17, 15) is 4.79 Å². The quantitative estimate of drug-likeness (QED) is 0.677. The topological polar surface area (TPSA) is 26.3 Å². The third kappa shape index (κ3) is 1.41. The van der Waals surface area contributed by atoms with Crippen LogP contribution in [0.3, 0.4) is 0 Å². The molecule has 0 radical (unpaired) electrons. The molecule has 14 heavy (non-hydrogen) atoms. The number of carbonyl (C=O) groups excluding carboxylic acids is 1. The van der Waals surface area contributed by atoms with Crippen LogP contribution in [0.5, 0.6) is 5.75 Å². The van der Waals surface area contributed by atoms with Crippen molar-refractivity contribution in [1.82, 2.24) is 0 Å². The molecule has 0 N–H and O–H groups in total. The Morgan fingerprint density at radius 3 is 2.93 bits per heavy atom. The average Bonchev–Trinajstić information content (AvgIpc) is 2.19. The first kappa shape index (κ1) is 9.25. The van der Waals surface area contributed by atoms with Crippen molar-refractivity contribution in [3.63, 3.8) is 0 Å². The standard InChI is InChI=1S/C12H14O2/c1-8-6-10-9(7-11(8)13)4-3-5-12(10)14-2/h3-5,8H,6-7H2,1-2H3. The number of ketones is 1. The molecule has 0 amide bonds. The maximum atomic E-state index is 11.5. The zero-order valence-corrected chi connectivity index (χ0v) is 8.54. The van der Waals surface area contributed by atoms with Gasteiger partial charge in [0.1, 0.15) is 11.5 Å². The Kier molecular flexibility index (Phi) is 2.28. The van der Waals surface area contributed by atoms with Crippen LogP contribution >= 0.6 is 0 Å². The lowest BCUT2D eigenvalue weighted by molar-refractivity contribution is -0.122. The number of hydrogen-bond acceptors (Lipinski definition) is 2. The van der Waals surface area contributed by atoms with E-state index in [-0.39, 0.29) is 5.92 Å². The zero-order chi connectivity index (χ0) is 10.1. The van der Waals surface area contributed by atoms with Gasteiger partial charge >= 0.3 is 0 Å². The Hall–Kier alpha value is -1.31. The molecule has 1 aromatic rings. The molecule has 0 fully saturated rings. The summed E-state index contributed by atoms with van der Waals surface area (Å²) in [7, 11) is 1.68. The summed E-state index contributed by atoms with van der Waals surface area (Å²) in [5.41, 5.74) is 2.34. The summed E-state index contributed by atoms with van der Waals surface area (Å²) in [6.45, 7) is 1.98. The second kappa shape index (κ2) is 3.45. The molecule has 74 valence electrons. The minimum atomic E-state index is 0.138. The molecule has 2 rings (SSSR count). The molecule has 0 saturated heterocycles. The fraction of sp³-hybridized carbons (Fsp3) is 0.417. The molecule has 0 spiro atoms. The highest BCUT2D eigenvalue weighted by Crippen LogP contribution is 2.30. The maximum Gasteiger partial charge on any atom is 0.140 e. The van der Waals surface area contributed by atoms with Crippen molar-refractivity contribution >= 4 is 5.78 Å². The van der Waals surface area contributed by atoms with Crippen LogP contribution in [0.4, 0.5) is 0 Å². The number of fused-ring (bicyclic) bond motifs is 1. The molecule has 2 nitrogen and oxygen atoms in total. The van der Waals surface area contributed by atoms with Gasteiger partial charge in [-0.15, -0.1) is 0 Å². The van der Waals surface area contributed by atoms with Crippen LogP contribution in [0.15, 0.2) is 18.2 Å². The van der Waals surface area contributed by atoms with E-state index in [0.29, 0.717) is 12.2 Å². The third-order valence-corrected chi connectivity index (χ3v) is 2.87. The number of carbonyl (C=O) groups is 1. The van der Waals surface area contributed by atoms with Crippen LogP contribution < -0.4 is 4.74 Å². The van der Waals surface area contributed by atoms with Gasteiger partial charge in [-0.1, -0.05) is 19.1 Å². The molecule has 1 aliphatic carbocycles. The highest BCUT2D eigenvalue weighted by molar-refractivity contribution is 5.85. The molecule has 0 aliphatic heterocycles. The minimum Gasteiger partial charge on any atom is -0.496 e. The molecule has 1 atom stereocenters. The Labute approximate surface area is 83.9 Å². The predicted molar refractivity (Wildman–Crippen MR) is 54.6 cm³/mol. The smallest absolute Gasteiger partial charge is 0.140 e. The highest BCUT2D eigenvalue weighted by Gasteiger charge is 2.24. The molecule has 0 saturated carbocycles. The van der Waals surface area contributed by atoms with Gasteiger partial charge in [0.2, 0.25) is 0 Å². The molecule has 0 heterocycles. The molecule has 1 aliphatic rings. The van der Waals surface area contributed by atoms with Crippen LogP contribution in [-0.4, -0.2) is 12.9 Å². The Bertz CT molecular complexity index is 369. The summed E-state index contributed by atoms with van der Waals surface area (Å²) in [6, 6.07) is 5.92. The Balaban J connectivity index is 2.46. The fourth-order valence-corrected chi connectivity index (χ4v) is 1.98. The van der Waals surface area contributed by atoms with Gasteiger partial charge in [-0.3, -0.25) is 4.79 Å². The van der Waals surface area contributed by atoms with Gasteiger partial charge in [-0.05, 0) is 23.6 Å². The lowest BCUT2D eigenvalue weighted by Crippen LogP contribution is -2.23. The van der Waals surface area contributed by atoms with Crippen LogP contribution in [0.25, 0.3) is 0 Å². The largest absolute Gasteiger partial charge is 0.496 e. The van der Waals surface area contributed by atoms with Crippen molar-refractivity contribution in [2.45, 2.75) is 19.8 Å². The third-order valence-electron chi connectivity index (χ3n) is 2.87. The summed E-state index contributed by atoms with van der Waals surface area (Å²) >= 11 is 0. The monoisotopic (exact) mass is 190 g/mol. The summed E-state index contributed by atoms with van der Waals surface area (Å²) < 4.78 is 5.28. The van der Waals surface area contributed by atoms with Crippen molar-refractivity contribution in [3.05, 3.63) is 29.3 Å². The molecular weight excluding hydrogens is 176 g/mol. The van der Waals surface area contributed by atoms with Crippen molar-refractivity contribution in [2.24, 2.45) is 5.92 Å². The zero-order valence-electron chi connectivity index (χ0n) is 8.54. The lowest BCUT2D eigenvalue weighted by atomic mass is 9.83. The number of benzene rings is 1. The first-order valence-corrected chi connectivity index (χ1v) is 4.90. The van der Waals surface area contributed by atoms with Crippen LogP contribution in [0, 0.1) is 5.92 Å². The fourth-order valence-electron chi connectivity index (χ4n) is 1.98. The van der Waals surface area contributed by atoms with Gasteiger partial charge in [-0.2, -0.15) is 0 Å². The van der Waals surface area contributed by atoms with Gasteiger partial charge in [0, 0.05) is 12.3 Å². The molecule has 0 bridgehead atoms. The second-order valence-corrected chi connectivity index (χ2v) is 3.85. The Morgan fingerprint density at radius 1 is 1.43 bits per heavy atom. The van der Waals surface area contributed by atoms with Crippen LogP contribution in [0.2, 0.25) is 0 Å². The minimum absolute atomic E-state index is 0.138. The van der Waals surface area contributed by atoms with Gasteiger partial charge in [0.25, 0.3) is 0 Å². The lowest BCUT2D eigenvalue weighted by Gasteiger charge is -2.22. The molecule has 1 aromatic carbocycles. The summed E-state index contributed by atoms with van der Waals surface area (Å²) in [4.78, 5) is 11.5. The van der Waals surface area contributed by atoms with E-state index in [1.165, 1.54) is 5.56 Å². The van der Waals surface area contributed by atoms with E-state index in [4.69, 9.17) is 4.74 Å². The van der Waals surface area contributed by atoms with E-state index in [0.717, 1.165) is 17.7 Å². The van der Waals surface area contributed by atoms with Crippen molar-refractivity contribution < 1.29 is 9.53 Å². The maximum absolute atomic E-state index is 11.5. The van der Waals surface area contributed by atoms with E-state index in [2.05, 4.69) is 0 Å². The molecule has 0 aromatic heterocycles. The van der Waals surface area contributed by atoms with Crippen LogP contribution in [0.1, 0.15) is 18.1 Å². The summed E-state index contributed by atoms with van der Waals surface area (Å²) in [5, 5.41) is 0. The van der Waals surface area contributed by atoms with Gasteiger partial charge in [-0.25, -0.2) is 0 Å². The van der Waals surface area contributed by atoms with Gasteiger partial charge < -0.3 is 4.74 Å². The number of Topliss-reactive ketones (excluding diaryl/α,β-unsaturated/α-hetero) is 1. The molecular formula is C12H14O2. The first-order chi connectivity index (χ1) is 6.72. The number of methoxy groups -OCH3 is 1. The Morgan fingerprint density at radius 2 is 2.21 bits per heavy atom. The average molecular weight is 190 g/mol.